The van der Waals surface area contributed by atoms with Crippen LogP contribution >= 0.6 is 11.3 Å². The smallest absolute Gasteiger partial charge is 0.138 e. The van der Waals surface area contributed by atoms with Crippen LogP contribution < -0.4 is 10.1 Å². The van der Waals surface area contributed by atoms with Gasteiger partial charge in [0, 0.05) is 11.4 Å². The Labute approximate surface area is 156 Å². The van der Waals surface area contributed by atoms with Gasteiger partial charge in [0.25, 0.3) is 0 Å². The van der Waals surface area contributed by atoms with E-state index in [1.54, 1.807) is 24.8 Å². The fraction of sp³-hybridized carbons (Fsp3) is 0.143. The number of rotatable bonds is 6. The second-order valence-electron chi connectivity index (χ2n) is 5.95. The van der Waals surface area contributed by atoms with Gasteiger partial charge < -0.3 is 10.1 Å². The third-order valence-electron chi connectivity index (χ3n) is 4.23. The van der Waals surface area contributed by atoms with Crippen molar-refractivity contribution >= 4 is 27.4 Å². The molecule has 0 radical (unpaired) electrons. The lowest BCUT2D eigenvalue weighted by molar-refractivity contribution is 0.414. The summed E-state index contributed by atoms with van der Waals surface area (Å²) in [5, 5.41) is 4.52. The van der Waals surface area contributed by atoms with E-state index in [0.29, 0.717) is 0 Å². The molecule has 2 aromatic carbocycles. The van der Waals surface area contributed by atoms with Gasteiger partial charge in [0.05, 0.1) is 12.5 Å². The van der Waals surface area contributed by atoms with Crippen LogP contribution in [0.1, 0.15) is 5.56 Å². The van der Waals surface area contributed by atoms with E-state index in [1.807, 2.05) is 18.2 Å². The highest BCUT2D eigenvalue weighted by molar-refractivity contribution is 7.21. The van der Waals surface area contributed by atoms with Crippen LogP contribution in [0.25, 0.3) is 20.7 Å². The van der Waals surface area contributed by atoms with Gasteiger partial charge in [0.1, 0.15) is 22.7 Å². The van der Waals surface area contributed by atoms with E-state index in [2.05, 4.69) is 57.7 Å². The average Bonchev–Trinajstić information content (AvgIpc) is 3.14. The number of nitrogens with zero attached hydrogens (tertiary/aromatic N) is 2. The second-order valence-corrected chi connectivity index (χ2v) is 6.98. The Morgan fingerprint density at radius 1 is 1.00 bits per heavy atom. The summed E-state index contributed by atoms with van der Waals surface area (Å²) < 4.78 is 5.28. The maximum absolute atomic E-state index is 5.28. The summed E-state index contributed by atoms with van der Waals surface area (Å²) in [6, 6.07) is 20.7. The lowest BCUT2D eigenvalue weighted by atomic mass is 10.1. The van der Waals surface area contributed by atoms with E-state index in [-0.39, 0.29) is 0 Å². The Morgan fingerprint density at radius 2 is 1.88 bits per heavy atom. The van der Waals surface area contributed by atoms with Crippen molar-refractivity contribution in [2.24, 2.45) is 0 Å². The molecule has 0 saturated heterocycles. The molecule has 2 aromatic heterocycles. The normalized spacial score (nSPS) is 10.8. The molecule has 0 unspecified atom stereocenters. The van der Waals surface area contributed by atoms with E-state index in [9.17, 15) is 0 Å². The Morgan fingerprint density at radius 3 is 2.73 bits per heavy atom. The molecular formula is C21H19N3OS. The zero-order valence-electron chi connectivity index (χ0n) is 14.5. The predicted molar refractivity (Wildman–Crippen MR) is 108 cm³/mol. The van der Waals surface area contributed by atoms with E-state index >= 15 is 0 Å². The fourth-order valence-corrected chi connectivity index (χ4v) is 3.90. The molecule has 4 nitrogen and oxygen atoms in total. The third kappa shape index (κ3) is 3.53. The Kier molecular flexibility index (Phi) is 4.80. The summed E-state index contributed by atoms with van der Waals surface area (Å²) in [5.74, 6) is 1.77. The molecule has 0 bridgehead atoms. The van der Waals surface area contributed by atoms with Crippen LogP contribution in [0.5, 0.6) is 5.75 Å². The minimum atomic E-state index is 0.801. The SMILES string of the molecule is COc1cccc(CCNc2ncnc3sc(-c4ccccc4)cc23)c1. The minimum Gasteiger partial charge on any atom is -0.497 e. The molecular weight excluding hydrogens is 342 g/mol. The van der Waals surface area contributed by atoms with Gasteiger partial charge in [-0.15, -0.1) is 11.3 Å². The lowest BCUT2D eigenvalue weighted by Crippen LogP contribution is -2.06. The van der Waals surface area contributed by atoms with Crippen LogP contribution in [0, 0.1) is 0 Å². The lowest BCUT2D eigenvalue weighted by Gasteiger charge is -2.07. The quantitative estimate of drug-likeness (QED) is 0.524. The number of ether oxygens (including phenoxy) is 1. The Bertz CT molecular complexity index is 1010. The van der Waals surface area contributed by atoms with Gasteiger partial charge >= 0.3 is 0 Å². The van der Waals surface area contributed by atoms with Gasteiger partial charge in [0.15, 0.2) is 0 Å². The maximum atomic E-state index is 5.28. The first-order valence-electron chi connectivity index (χ1n) is 8.50. The third-order valence-corrected chi connectivity index (χ3v) is 5.32. The van der Waals surface area contributed by atoms with Crippen molar-refractivity contribution in [1.29, 1.82) is 0 Å². The van der Waals surface area contributed by atoms with Crippen molar-refractivity contribution in [1.82, 2.24) is 9.97 Å². The molecule has 0 amide bonds. The largest absolute Gasteiger partial charge is 0.497 e. The monoisotopic (exact) mass is 361 g/mol. The summed E-state index contributed by atoms with van der Waals surface area (Å²) in [7, 11) is 1.69. The van der Waals surface area contributed by atoms with Gasteiger partial charge in [-0.3, -0.25) is 0 Å². The molecule has 4 aromatic rings. The molecule has 0 saturated carbocycles. The molecule has 0 atom stereocenters. The number of hydrogen-bond acceptors (Lipinski definition) is 5. The van der Waals surface area contributed by atoms with Crippen molar-refractivity contribution < 1.29 is 4.74 Å². The summed E-state index contributed by atoms with van der Waals surface area (Å²) >= 11 is 1.69. The van der Waals surface area contributed by atoms with Crippen LogP contribution in [-0.2, 0) is 6.42 Å². The van der Waals surface area contributed by atoms with Gasteiger partial charge in [0.2, 0.25) is 0 Å². The number of hydrogen-bond donors (Lipinski definition) is 1. The van der Waals surface area contributed by atoms with Gasteiger partial charge in [-0.05, 0) is 35.7 Å². The van der Waals surface area contributed by atoms with Crippen LogP contribution in [0.15, 0.2) is 67.0 Å². The van der Waals surface area contributed by atoms with Crippen molar-refractivity contribution in [3.8, 4) is 16.2 Å². The van der Waals surface area contributed by atoms with Crippen LogP contribution in [0.2, 0.25) is 0 Å². The standard InChI is InChI=1S/C21H19N3OS/c1-25-17-9-5-6-15(12-17)10-11-22-20-18-13-19(16-7-3-2-4-8-16)26-21(18)24-14-23-20/h2-9,12-14H,10-11H2,1H3,(H,22,23,24). The van der Waals surface area contributed by atoms with Crippen LogP contribution in [-0.4, -0.2) is 23.6 Å². The van der Waals surface area contributed by atoms with E-state index in [1.165, 1.54) is 16.0 Å². The number of fused-ring (bicyclic) bond motifs is 1. The minimum absolute atomic E-state index is 0.801. The van der Waals surface area contributed by atoms with E-state index < -0.39 is 0 Å². The Balaban J connectivity index is 1.52. The van der Waals surface area contributed by atoms with Gasteiger partial charge in [-0.25, -0.2) is 9.97 Å². The summed E-state index contributed by atoms with van der Waals surface area (Å²) in [6.07, 6.45) is 2.53. The molecule has 0 aliphatic carbocycles. The highest BCUT2D eigenvalue weighted by atomic mass is 32.1. The van der Waals surface area contributed by atoms with Crippen LogP contribution in [0.3, 0.4) is 0 Å². The van der Waals surface area contributed by atoms with Crippen molar-refractivity contribution in [3.05, 3.63) is 72.6 Å². The highest BCUT2D eigenvalue weighted by Gasteiger charge is 2.09. The second kappa shape index (κ2) is 7.54. The van der Waals surface area contributed by atoms with Gasteiger partial charge in [-0.1, -0.05) is 42.5 Å². The first-order chi connectivity index (χ1) is 12.8. The number of nitrogens with one attached hydrogen (secondary N) is 1. The zero-order valence-corrected chi connectivity index (χ0v) is 15.3. The van der Waals surface area contributed by atoms with Crippen molar-refractivity contribution in [2.45, 2.75) is 6.42 Å². The zero-order chi connectivity index (χ0) is 17.8. The van der Waals surface area contributed by atoms with Crippen molar-refractivity contribution in [3.63, 3.8) is 0 Å². The maximum Gasteiger partial charge on any atom is 0.138 e. The molecule has 4 rings (SSSR count). The first kappa shape index (κ1) is 16.5. The molecule has 26 heavy (non-hydrogen) atoms. The summed E-state index contributed by atoms with van der Waals surface area (Å²) in [4.78, 5) is 11.1. The molecule has 0 aliphatic rings. The van der Waals surface area contributed by atoms with E-state index in [0.717, 1.165) is 34.7 Å². The number of aromatic nitrogens is 2. The first-order valence-corrected chi connectivity index (χ1v) is 9.32. The fourth-order valence-electron chi connectivity index (χ4n) is 2.89. The summed E-state index contributed by atoms with van der Waals surface area (Å²) in [6.45, 7) is 0.801. The molecule has 0 fully saturated rings. The molecule has 0 aliphatic heterocycles. The molecule has 5 heteroatoms. The van der Waals surface area contributed by atoms with Crippen LogP contribution in [0.4, 0.5) is 5.82 Å². The van der Waals surface area contributed by atoms with E-state index in [4.69, 9.17) is 4.74 Å². The number of thiophene rings is 1. The Hall–Kier alpha value is -2.92. The molecule has 2 heterocycles. The molecule has 130 valence electrons. The highest BCUT2D eigenvalue weighted by Crippen LogP contribution is 2.34. The number of anilines is 1. The molecule has 0 spiro atoms. The number of benzene rings is 2. The number of methoxy groups -OCH3 is 1. The predicted octanol–water partition coefficient (Wildman–Crippen LogP) is 5.02. The average molecular weight is 361 g/mol. The van der Waals surface area contributed by atoms with Gasteiger partial charge in [-0.2, -0.15) is 0 Å². The summed E-state index contributed by atoms with van der Waals surface area (Å²) in [5.41, 5.74) is 2.44. The topological polar surface area (TPSA) is 47.0 Å². The van der Waals surface area contributed by atoms with Crippen molar-refractivity contribution in [2.75, 3.05) is 19.0 Å². The molecule has 1 N–H and O–H groups in total.